The first kappa shape index (κ1) is 15.1. The third-order valence-corrected chi connectivity index (χ3v) is 3.28. The maximum Gasteiger partial charge on any atom is 0.496 e. The van der Waals surface area contributed by atoms with E-state index in [1.165, 1.54) is 12.3 Å². The molecule has 0 unspecified atom stereocenters. The van der Waals surface area contributed by atoms with E-state index in [4.69, 9.17) is 9.31 Å². The van der Waals surface area contributed by atoms with Gasteiger partial charge in [0.2, 0.25) is 5.95 Å². The largest absolute Gasteiger partial charge is 0.496 e. The highest BCUT2D eigenvalue weighted by Crippen LogP contribution is 2.36. The number of halogens is 1. The second kappa shape index (κ2) is 5.37. The van der Waals surface area contributed by atoms with E-state index in [1.54, 1.807) is 6.07 Å². The van der Waals surface area contributed by atoms with E-state index in [0.717, 1.165) is 5.46 Å². The summed E-state index contributed by atoms with van der Waals surface area (Å²) in [6, 6.07) is 2.94. The maximum atomic E-state index is 12.7. The topological polar surface area (TPSA) is 31.4 Å². The van der Waals surface area contributed by atoms with Gasteiger partial charge < -0.3 is 9.31 Å². The van der Waals surface area contributed by atoms with Crippen LogP contribution in [-0.2, 0) is 9.31 Å². The SMILES string of the molecule is CC.CC1(C)OB(c2ccc(F)nc2)OC1(C)C. The Balaban J connectivity index is 0.000000771. The van der Waals surface area contributed by atoms with Gasteiger partial charge in [0.05, 0.1) is 11.2 Å². The molecular formula is C13H21BFNO2. The van der Waals surface area contributed by atoms with Crippen molar-refractivity contribution in [3.05, 3.63) is 24.3 Å². The summed E-state index contributed by atoms with van der Waals surface area (Å²) in [5.41, 5.74) is -0.0296. The third kappa shape index (κ3) is 2.90. The van der Waals surface area contributed by atoms with Crippen LogP contribution < -0.4 is 5.46 Å². The lowest BCUT2D eigenvalue weighted by Crippen LogP contribution is -2.41. The summed E-state index contributed by atoms with van der Waals surface area (Å²) < 4.78 is 24.3. The molecule has 0 amide bonds. The molecule has 0 radical (unpaired) electrons. The van der Waals surface area contributed by atoms with Gasteiger partial charge in [-0.15, -0.1) is 0 Å². The molecule has 1 aromatic heterocycles. The van der Waals surface area contributed by atoms with Gasteiger partial charge in [-0.05, 0) is 33.8 Å². The highest BCUT2D eigenvalue weighted by Gasteiger charge is 2.51. The van der Waals surface area contributed by atoms with Gasteiger partial charge in [0.1, 0.15) is 0 Å². The summed E-state index contributed by atoms with van der Waals surface area (Å²) in [6.45, 7) is 11.9. The van der Waals surface area contributed by atoms with Crippen LogP contribution in [0.25, 0.3) is 0 Å². The van der Waals surface area contributed by atoms with Crippen LogP contribution in [0.3, 0.4) is 0 Å². The minimum atomic E-state index is -0.500. The van der Waals surface area contributed by atoms with Gasteiger partial charge in [-0.3, -0.25) is 0 Å². The molecule has 100 valence electrons. The molecule has 0 aromatic carbocycles. The zero-order valence-electron chi connectivity index (χ0n) is 12.0. The fraction of sp³-hybridized carbons (Fsp3) is 0.615. The van der Waals surface area contributed by atoms with Gasteiger partial charge in [0.25, 0.3) is 0 Å². The number of pyridine rings is 1. The highest BCUT2D eigenvalue weighted by molar-refractivity contribution is 6.62. The van der Waals surface area contributed by atoms with Crippen LogP contribution in [0.5, 0.6) is 0 Å². The molecule has 1 aliphatic rings. The molecule has 0 N–H and O–H groups in total. The van der Waals surface area contributed by atoms with Gasteiger partial charge in [0, 0.05) is 11.7 Å². The number of rotatable bonds is 1. The van der Waals surface area contributed by atoms with Crippen LogP contribution in [0.15, 0.2) is 18.3 Å². The van der Waals surface area contributed by atoms with Crippen LogP contribution in [0.1, 0.15) is 41.5 Å². The summed E-state index contributed by atoms with van der Waals surface area (Å²) in [4.78, 5) is 3.59. The summed E-state index contributed by atoms with van der Waals surface area (Å²) in [7, 11) is -0.474. The van der Waals surface area contributed by atoms with E-state index in [2.05, 4.69) is 4.98 Å². The number of hydrogen-bond acceptors (Lipinski definition) is 3. The van der Waals surface area contributed by atoms with E-state index in [9.17, 15) is 4.39 Å². The Kier molecular flexibility index (Phi) is 4.51. The van der Waals surface area contributed by atoms with Crippen molar-refractivity contribution >= 4 is 12.6 Å². The van der Waals surface area contributed by atoms with Crippen molar-refractivity contribution in [3.63, 3.8) is 0 Å². The van der Waals surface area contributed by atoms with E-state index >= 15 is 0 Å². The minimum Gasteiger partial charge on any atom is -0.399 e. The smallest absolute Gasteiger partial charge is 0.399 e. The van der Waals surface area contributed by atoms with Gasteiger partial charge in [-0.25, -0.2) is 4.98 Å². The molecule has 2 rings (SSSR count). The zero-order valence-corrected chi connectivity index (χ0v) is 12.0. The second-order valence-corrected chi connectivity index (χ2v) is 5.00. The van der Waals surface area contributed by atoms with Crippen molar-refractivity contribution in [2.45, 2.75) is 52.7 Å². The molecule has 2 heterocycles. The molecule has 1 aliphatic heterocycles. The van der Waals surface area contributed by atoms with Crippen molar-refractivity contribution in [1.82, 2.24) is 4.98 Å². The van der Waals surface area contributed by atoms with Gasteiger partial charge in [0.15, 0.2) is 0 Å². The molecule has 1 aromatic rings. The molecule has 5 heteroatoms. The van der Waals surface area contributed by atoms with Crippen molar-refractivity contribution in [3.8, 4) is 0 Å². The molecule has 0 saturated carbocycles. The van der Waals surface area contributed by atoms with E-state index in [1.807, 2.05) is 41.5 Å². The number of hydrogen-bond donors (Lipinski definition) is 0. The molecule has 0 atom stereocenters. The number of aromatic nitrogens is 1. The Bertz CT molecular complexity index is 376. The summed E-state index contributed by atoms with van der Waals surface area (Å²) in [5, 5.41) is 0. The lowest BCUT2D eigenvalue weighted by molar-refractivity contribution is 0.00578. The lowest BCUT2D eigenvalue weighted by Gasteiger charge is -2.32. The third-order valence-electron chi connectivity index (χ3n) is 3.28. The Morgan fingerprint density at radius 3 is 1.94 bits per heavy atom. The summed E-state index contributed by atoms with van der Waals surface area (Å²) >= 11 is 0. The normalized spacial score (nSPS) is 20.3. The maximum absolute atomic E-state index is 12.7. The van der Waals surface area contributed by atoms with E-state index in [0.29, 0.717) is 0 Å². The fourth-order valence-corrected chi connectivity index (χ4v) is 1.51. The molecule has 0 bridgehead atoms. The predicted molar refractivity (Wildman–Crippen MR) is 71.3 cm³/mol. The van der Waals surface area contributed by atoms with Gasteiger partial charge in [-0.1, -0.05) is 19.9 Å². The molecule has 0 aliphatic carbocycles. The molecule has 18 heavy (non-hydrogen) atoms. The van der Waals surface area contributed by atoms with Crippen molar-refractivity contribution in [2.24, 2.45) is 0 Å². The van der Waals surface area contributed by atoms with Crippen LogP contribution in [0, 0.1) is 5.95 Å². The molecule has 0 spiro atoms. The van der Waals surface area contributed by atoms with E-state index < -0.39 is 13.1 Å². The van der Waals surface area contributed by atoms with Crippen molar-refractivity contribution in [2.75, 3.05) is 0 Å². The first-order valence-electron chi connectivity index (χ1n) is 6.29. The molecule has 1 saturated heterocycles. The highest BCUT2D eigenvalue weighted by atomic mass is 19.1. The van der Waals surface area contributed by atoms with Crippen LogP contribution in [-0.4, -0.2) is 23.3 Å². The fourth-order valence-electron chi connectivity index (χ4n) is 1.51. The Labute approximate surface area is 109 Å². The van der Waals surface area contributed by atoms with Crippen LogP contribution in [0.4, 0.5) is 4.39 Å². The monoisotopic (exact) mass is 253 g/mol. The summed E-state index contributed by atoms with van der Waals surface area (Å²) in [6.07, 6.45) is 1.44. The Hall–Kier alpha value is -0.935. The van der Waals surface area contributed by atoms with E-state index in [-0.39, 0.29) is 11.2 Å². The first-order valence-corrected chi connectivity index (χ1v) is 6.29. The minimum absolute atomic E-state index is 0.383. The number of nitrogens with zero attached hydrogens (tertiary/aromatic N) is 1. The molecule has 1 fully saturated rings. The second-order valence-electron chi connectivity index (χ2n) is 5.00. The lowest BCUT2D eigenvalue weighted by atomic mass is 9.80. The molecular weight excluding hydrogens is 232 g/mol. The summed E-state index contributed by atoms with van der Waals surface area (Å²) in [5.74, 6) is -0.500. The van der Waals surface area contributed by atoms with Crippen LogP contribution >= 0.6 is 0 Å². The standard InChI is InChI=1S/C11H15BFNO2.C2H6/c1-10(2)11(3,4)16-12(15-10)8-5-6-9(13)14-7-8;1-2/h5-7H,1-4H3;1-2H3. The van der Waals surface area contributed by atoms with Crippen molar-refractivity contribution < 1.29 is 13.7 Å². The Morgan fingerprint density at radius 1 is 1.06 bits per heavy atom. The average Bonchev–Trinajstić information content (AvgIpc) is 2.52. The van der Waals surface area contributed by atoms with Gasteiger partial charge in [-0.2, -0.15) is 4.39 Å². The van der Waals surface area contributed by atoms with Crippen LogP contribution in [0.2, 0.25) is 0 Å². The average molecular weight is 253 g/mol. The van der Waals surface area contributed by atoms with Crippen molar-refractivity contribution in [1.29, 1.82) is 0 Å². The zero-order chi connectivity index (χ0) is 14.0. The quantitative estimate of drug-likeness (QED) is 0.569. The van der Waals surface area contributed by atoms with Gasteiger partial charge >= 0.3 is 7.12 Å². The first-order chi connectivity index (χ1) is 8.32. The molecule has 3 nitrogen and oxygen atoms in total. The Morgan fingerprint density at radius 2 is 1.56 bits per heavy atom. The predicted octanol–water partition coefficient (Wildman–Crippen LogP) is 2.55.